The molecular formula is C11H14N2O3S. The van der Waals surface area contributed by atoms with Crippen molar-refractivity contribution in [2.45, 2.75) is 37.6 Å². The molecule has 92 valence electrons. The highest BCUT2D eigenvalue weighted by Gasteiger charge is 2.41. The van der Waals surface area contributed by atoms with E-state index in [1.165, 1.54) is 17.5 Å². The summed E-state index contributed by atoms with van der Waals surface area (Å²) in [5, 5.41) is 14.0. The quantitative estimate of drug-likeness (QED) is 0.859. The van der Waals surface area contributed by atoms with Gasteiger partial charge in [-0.25, -0.2) is 9.78 Å². The monoisotopic (exact) mass is 254 g/mol. The first-order chi connectivity index (χ1) is 8.14. The van der Waals surface area contributed by atoms with Gasteiger partial charge in [0.25, 0.3) is 5.91 Å². The van der Waals surface area contributed by atoms with E-state index in [1.54, 1.807) is 5.38 Å². The van der Waals surface area contributed by atoms with E-state index in [0.717, 1.165) is 19.3 Å². The number of hydrogen-bond acceptors (Lipinski definition) is 4. The van der Waals surface area contributed by atoms with Crippen LogP contribution in [-0.2, 0) is 4.79 Å². The number of rotatable bonds is 3. The van der Waals surface area contributed by atoms with Gasteiger partial charge in [-0.2, -0.15) is 0 Å². The first-order valence-electron chi connectivity index (χ1n) is 5.59. The first kappa shape index (κ1) is 12.0. The van der Waals surface area contributed by atoms with Crippen molar-refractivity contribution in [2.24, 2.45) is 0 Å². The number of thiazole rings is 1. The summed E-state index contributed by atoms with van der Waals surface area (Å²) >= 11 is 1.21. The third-order valence-electron chi connectivity index (χ3n) is 3.10. The lowest BCUT2D eigenvalue weighted by atomic mass is 9.81. The summed E-state index contributed by atoms with van der Waals surface area (Å²) in [6.07, 6.45) is 5.24. The molecule has 1 amide bonds. The Balaban J connectivity index is 2.13. The van der Waals surface area contributed by atoms with Gasteiger partial charge in [-0.05, 0) is 12.8 Å². The summed E-state index contributed by atoms with van der Waals surface area (Å²) in [5.74, 6) is -1.33. The maximum atomic E-state index is 11.9. The van der Waals surface area contributed by atoms with E-state index >= 15 is 0 Å². The van der Waals surface area contributed by atoms with Gasteiger partial charge in [0.15, 0.2) is 5.01 Å². The topological polar surface area (TPSA) is 79.3 Å². The zero-order valence-electron chi connectivity index (χ0n) is 9.31. The second-order valence-electron chi connectivity index (χ2n) is 4.24. The lowest BCUT2D eigenvalue weighted by Crippen LogP contribution is -2.55. The van der Waals surface area contributed by atoms with Crippen LogP contribution >= 0.6 is 11.3 Å². The number of hydrogen-bond donors (Lipinski definition) is 2. The van der Waals surface area contributed by atoms with E-state index in [9.17, 15) is 14.7 Å². The van der Waals surface area contributed by atoms with Gasteiger partial charge in [0.1, 0.15) is 5.54 Å². The smallest absolute Gasteiger partial charge is 0.329 e. The van der Waals surface area contributed by atoms with Crippen molar-refractivity contribution >= 4 is 23.2 Å². The minimum atomic E-state index is -1.10. The average Bonchev–Trinajstić information content (AvgIpc) is 2.83. The predicted octanol–water partition coefficient (Wildman–Crippen LogP) is 1.66. The van der Waals surface area contributed by atoms with E-state index in [0.29, 0.717) is 17.8 Å². The molecule has 0 aromatic carbocycles. The van der Waals surface area contributed by atoms with Crippen molar-refractivity contribution in [3.05, 3.63) is 16.6 Å². The molecule has 0 aliphatic heterocycles. The summed E-state index contributed by atoms with van der Waals surface area (Å²) in [6.45, 7) is 0. The Morgan fingerprint density at radius 1 is 1.35 bits per heavy atom. The van der Waals surface area contributed by atoms with E-state index in [-0.39, 0.29) is 5.91 Å². The van der Waals surface area contributed by atoms with Crippen molar-refractivity contribution in [3.63, 3.8) is 0 Å². The fourth-order valence-electron chi connectivity index (χ4n) is 2.15. The molecule has 17 heavy (non-hydrogen) atoms. The van der Waals surface area contributed by atoms with Crippen LogP contribution in [0.25, 0.3) is 0 Å². The standard InChI is InChI=1S/C11H14N2O3S/c14-8(9-12-6-7-17-9)13-11(10(15)16)4-2-1-3-5-11/h6-7H,1-5H2,(H,13,14)(H,15,16). The SMILES string of the molecule is O=C(NC1(C(=O)O)CCCCC1)c1nccs1. The van der Waals surface area contributed by atoms with Crippen LogP contribution in [0.3, 0.4) is 0 Å². The number of nitrogens with one attached hydrogen (secondary N) is 1. The van der Waals surface area contributed by atoms with E-state index in [4.69, 9.17) is 0 Å². The van der Waals surface area contributed by atoms with Crippen LogP contribution in [0.2, 0.25) is 0 Å². The summed E-state index contributed by atoms with van der Waals surface area (Å²) in [7, 11) is 0. The number of aromatic nitrogens is 1. The zero-order valence-corrected chi connectivity index (χ0v) is 10.1. The summed E-state index contributed by atoms with van der Waals surface area (Å²) < 4.78 is 0. The molecule has 1 aliphatic carbocycles. The fourth-order valence-corrected chi connectivity index (χ4v) is 2.68. The molecule has 0 saturated heterocycles. The number of carbonyl (C=O) groups excluding carboxylic acids is 1. The Labute approximate surface area is 103 Å². The molecule has 0 spiro atoms. The Morgan fingerprint density at radius 2 is 2.06 bits per heavy atom. The van der Waals surface area contributed by atoms with Crippen LogP contribution in [0.4, 0.5) is 0 Å². The van der Waals surface area contributed by atoms with Crippen LogP contribution < -0.4 is 5.32 Å². The van der Waals surface area contributed by atoms with Gasteiger partial charge >= 0.3 is 5.97 Å². The lowest BCUT2D eigenvalue weighted by Gasteiger charge is -2.33. The highest BCUT2D eigenvalue weighted by molar-refractivity contribution is 7.11. The van der Waals surface area contributed by atoms with E-state index in [1.807, 2.05) is 0 Å². The zero-order chi connectivity index (χ0) is 12.3. The van der Waals surface area contributed by atoms with Gasteiger partial charge in [-0.15, -0.1) is 11.3 Å². The summed E-state index contributed by atoms with van der Waals surface area (Å²) in [5.41, 5.74) is -1.10. The molecular weight excluding hydrogens is 240 g/mol. The van der Waals surface area contributed by atoms with Gasteiger partial charge in [0.2, 0.25) is 0 Å². The summed E-state index contributed by atoms with van der Waals surface area (Å²) in [4.78, 5) is 27.1. The van der Waals surface area contributed by atoms with Gasteiger partial charge in [0, 0.05) is 11.6 Å². The van der Waals surface area contributed by atoms with Crippen molar-refractivity contribution in [1.82, 2.24) is 10.3 Å². The number of carboxylic acid groups (broad SMARTS) is 1. The molecule has 2 rings (SSSR count). The molecule has 0 radical (unpaired) electrons. The van der Waals surface area contributed by atoms with Gasteiger partial charge in [-0.3, -0.25) is 4.79 Å². The van der Waals surface area contributed by atoms with Crippen LogP contribution in [0.15, 0.2) is 11.6 Å². The first-order valence-corrected chi connectivity index (χ1v) is 6.47. The van der Waals surface area contributed by atoms with Crippen LogP contribution in [-0.4, -0.2) is 27.5 Å². The largest absolute Gasteiger partial charge is 0.480 e. The second kappa shape index (κ2) is 4.83. The lowest BCUT2D eigenvalue weighted by molar-refractivity contribution is -0.145. The van der Waals surface area contributed by atoms with Gasteiger partial charge in [0.05, 0.1) is 0 Å². The van der Waals surface area contributed by atoms with Crippen LogP contribution in [0, 0.1) is 0 Å². The molecule has 1 saturated carbocycles. The number of carboxylic acids is 1. The third kappa shape index (κ3) is 2.46. The van der Waals surface area contributed by atoms with Gasteiger partial charge < -0.3 is 10.4 Å². The van der Waals surface area contributed by atoms with E-state index in [2.05, 4.69) is 10.3 Å². The Bertz CT molecular complexity index is 410. The molecule has 5 nitrogen and oxygen atoms in total. The molecule has 1 heterocycles. The molecule has 0 bridgehead atoms. The molecule has 2 N–H and O–H groups in total. The second-order valence-corrected chi connectivity index (χ2v) is 5.13. The normalized spacial score (nSPS) is 18.6. The Morgan fingerprint density at radius 3 is 2.59 bits per heavy atom. The molecule has 0 atom stereocenters. The van der Waals surface area contributed by atoms with E-state index < -0.39 is 11.5 Å². The molecule has 6 heteroatoms. The minimum absolute atomic E-state index is 0.316. The summed E-state index contributed by atoms with van der Waals surface area (Å²) in [6, 6.07) is 0. The average molecular weight is 254 g/mol. The minimum Gasteiger partial charge on any atom is -0.480 e. The number of carbonyl (C=O) groups is 2. The van der Waals surface area contributed by atoms with Crippen LogP contribution in [0.5, 0.6) is 0 Å². The molecule has 1 aromatic heterocycles. The van der Waals surface area contributed by atoms with Crippen molar-refractivity contribution in [2.75, 3.05) is 0 Å². The molecule has 1 aliphatic rings. The van der Waals surface area contributed by atoms with Crippen molar-refractivity contribution in [3.8, 4) is 0 Å². The highest BCUT2D eigenvalue weighted by atomic mass is 32.1. The van der Waals surface area contributed by atoms with Crippen molar-refractivity contribution < 1.29 is 14.7 Å². The number of nitrogens with zero attached hydrogens (tertiary/aromatic N) is 1. The van der Waals surface area contributed by atoms with Crippen LogP contribution in [0.1, 0.15) is 41.9 Å². The third-order valence-corrected chi connectivity index (χ3v) is 3.87. The maximum absolute atomic E-state index is 11.9. The molecule has 1 fully saturated rings. The Hall–Kier alpha value is -1.43. The van der Waals surface area contributed by atoms with Gasteiger partial charge in [-0.1, -0.05) is 19.3 Å². The predicted molar refractivity (Wildman–Crippen MR) is 63.0 cm³/mol. The number of amides is 1. The molecule has 1 aromatic rings. The van der Waals surface area contributed by atoms with Crippen molar-refractivity contribution in [1.29, 1.82) is 0 Å². The molecule has 0 unspecified atom stereocenters. The maximum Gasteiger partial charge on any atom is 0.329 e. The number of aliphatic carboxylic acids is 1. The highest BCUT2D eigenvalue weighted by Crippen LogP contribution is 2.28. The fraction of sp³-hybridized carbons (Fsp3) is 0.545. The Kier molecular flexibility index (Phi) is 3.42.